The third-order valence-corrected chi connectivity index (χ3v) is 4.43. The number of amides is 2. The van der Waals surface area contributed by atoms with Crippen LogP contribution in [0.5, 0.6) is 11.5 Å². The molecule has 2 heterocycles. The van der Waals surface area contributed by atoms with Crippen molar-refractivity contribution in [2.45, 2.75) is 12.5 Å². The number of aromatic nitrogens is 1. The summed E-state index contributed by atoms with van der Waals surface area (Å²) >= 11 is 0. The first kappa shape index (κ1) is 16.9. The van der Waals surface area contributed by atoms with Crippen LogP contribution in [0.25, 0.3) is 0 Å². The van der Waals surface area contributed by atoms with E-state index in [0.29, 0.717) is 18.0 Å². The number of hydrogen-bond acceptors (Lipinski definition) is 3. The molecule has 6 heteroatoms. The fourth-order valence-corrected chi connectivity index (χ4v) is 3.11. The quantitative estimate of drug-likeness (QED) is 0.732. The molecular weight excluding hydrogens is 342 g/mol. The molecule has 2 amide bonds. The molecule has 6 nitrogen and oxygen atoms in total. The Kier molecular flexibility index (Phi) is 4.61. The molecule has 0 aliphatic carbocycles. The number of para-hydroxylation sites is 1. The maximum atomic E-state index is 12.4. The highest BCUT2D eigenvalue weighted by atomic mass is 16.5. The van der Waals surface area contributed by atoms with Crippen LogP contribution in [0.15, 0.2) is 72.9 Å². The highest BCUT2D eigenvalue weighted by Crippen LogP contribution is 2.27. The van der Waals surface area contributed by atoms with Gasteiger partial charge in [0.2, 0.25) is 5.91 Å². The van der Waals surface area contributed by atoms with Crippen LogP contribution in [-0.2, 0) is 4.79 Å². The van der Waals surface area contributed by atoms with E-state index in [-0.39, 0.29) is 24.3 Å². The van der Waals surface area contributed by atoms with Gasteiger partial charge in [0.15, 0.2) is 0 Å². The van der Waals surface area contributed by atoms with Gasteiger partial charge in [0, 0.05) is 24.8 Å². The average molecular weight is 361 g/mol. The van der Waals surface area contributed by atoms with Gasteiger partial charge in [-0.05, 0) is 48.5 Å². The molecule has 1 aliphatic heterocycles. The minimum Gasteiger partial charge on any atom is -0.457 e. The van der Waals surface area contributed by atoms with Gasteiger partial charge in [0.1, 0.15) is 17.2 Å². The van der Waals surface area contributed by atoms with Gasteiger partial charge in [0.25, 0.3) is 5.91 Å². The van der Waals surface area contributed by atoms with Gasteiger partial charge in [-0.25, -0.2) is 0 Å². The molecule has 1 saturated heterocycles. The van der Waals surface area contributed by atoms with Gasteiger partial charge in [-0.2, -0.15) is 0 Å². The number of carbonyl (C=O) groups excluding carboxylic acids is 2. The van der Waals surface area contributed by atoms with E-state index in [0.717, 1.165) is 11.4 Å². The van der Waals surface area contributed by atoms with E-state index in [1.54, 1.807) is 23.2 Å². The lowest BCUT2D eigenvalue weighted by Crippen LogP contribution is -2.37. The van der Waals surface area contributed by atoms with E-state index >= 15 is 0 Å². The van der Waals surface area contributed by atoms with E-state index in [4.69, 9.17) is 4.74 Å². The fourth-order valence-electron chi connectivity index (χ4n) is 3.11. The highest BCUT2D eigenvalue weighted by Gasteiger charge is 2.31. The molecule has 1 atom stereocenters. The number of benzene rings is 2. The number of H-pyrrole nitrogens is 1. The van der Waals surface area contributed by atoms with Crippen molar-refractivity contribution in [3.63, 3.8) is 0 Å². The van der Waals surface area contributed by atoms with Gasteiger partial charge < -0.3 is 19.9 Å². The number of nitrogens with one attached hydrogen (secondary N) is 2. The Balaban J connectivity index is 1.39. The lowest BCUT2D eigenvalue weighted by atomic mass is 10.2. The second-order valence-corrected chi connectivity index (χ2v) is 6.37. The first-order chi connectivity index (χ1) is 13.2. The van der Waals surface area contributed by atoms with Crippen LogP contribution in [0.1, 0.15) is 16.9 Å². The minimum atomic E-state index is -0.214. The number of anilines is 1. The zero-order chi connectivity index (χ0) is 18.6. The largest absolute Gasteiger partial charge is 0.457 e. The van der Waals surface area contributed by atoms with Crippen LogP contribution in [0.2, 0.25) is 0 Å². The number of aromatic amines is 1. The molecule has 0 bridgehead atoms. The van der Waals surface area contributed by atoms with E-state index in [1.165, 1.54) is 0 Å². The molecule has 1 fully saturated rings. The second kappa shape index (κ2) is 7.37. The normalized spacial score (nSPS) is 16.4. The zero-order valence-electron chi connectivity index (χ0n) is 14.6. The number of ether oxygens (including phenoxy) is 1. The van der Waals surface area contributed by atoms with E-state index in [1.807, 2.05) is 54.6 Å². The standard InChI is InChI=1S/C21H19N3O3/c25-20-13-15(23-21(26)19-7-4-12-22-19)14-24(20)16-8-10-18(11-9-16)27-17-5-2-1-3-6-17/h1-12,15,22H,13-14H2,(H,23,26). The van der Waals surface area contributed by atoms with E-state index in [9.17, 15) is 9.59 Å². The maximum absolute atomic E-state index is 12.4. The smallest absolute Gasteiger partial charge is 0.267 e. The van der Waals surface area contributed by atoms with Crippen LogP contribution < -0.4 is 15.0 Å². The molecule has 1 unspecified atom stereocenters. The molecule has 1 aromatic heterocycles. The lowest BCUT2D eigenvalue weighted by molar-refractivity contribution is -0.117. The van der Waals surface area contributed by atoms with Crippen molar-refractivity contribution in [1.82, 2.24) is 10.3 Å². The van der Waals surface area contributed by atoms with Gasteiger partial charge in [-0.15, -0.1) is 0 Å². The van der Waals surface area contributed by atoms with Crippen molar-refractivity contribution in [2.24, 2.45) is 0 Å². The van der Waals surface area contributed by atoms with Crippen LogP contribution in [-0.4, -0.2) is 29.4 Å². The van der Waals surface area contributed by atoms with Crippen LogP contribution in [0, 0.1) is 0 Å². The molecule has 27 heavy (non-hydrogen) atoms. The lowest BCUT2D eigenvalue weighted by Gasteiger charge is -2.17. The Labute approximate surface area is 156 Å². The molecule has 136 valence electrons. The summed E-state index contributed by atoms with van der Waals surface area (Å²) in [4.78, 5) is 29.1. The Hall–Kier alpha value is -3.54. The Morgan fingerprint density at radius 3 is 2.44 bits per heavy atom. The van der Waals surface area contributed by atoms with Crippen LogP contribution >= 0.6 is 0 Å². The summed E-state index contributed by atoms with van der Waals surface area (Å²) in [7, 11) is 0. The first-order valence-corrected chi connectivity index (χ1v) is 8.76. The minimum absolute atomic E-state index is 0.0106. The van der Waals surface area contributed by atoms with Crippen molar-refractivity contribution in [1.29, 1.82) is 0 Å². The van der Waals surface area contributed by atoms with Crippen LogP contribution in [0.3, 0.4) is 0 Å². The summed E-state index contributed by atoms with van der Waals surface area (Å²) in [6, 6.07) is 20.1. The van der Waals surface area contributed by atoms with Crippen LogP contribution in [0.4, 0.5) is 5.69 Å². The summed E-state index contributed by atoms with van der Waals surface area (Å²) in [5, 5.41) is 2.90. The topological polar surface area (TPSA) is 74.4 Å². The van der Waals surface area contributed by atoms with Gasteiger partial charge in [-0.1, -0.05) is 18.2 Å². The molecule has 3 aromatic rings. The molecular formula is C21H19N3O3. The molecule has 4 rings (SSSR count). The highest BCUT2D eigenvalue weighted by molar-refractivity contribution is 5.98. The van der Waals surface area contributed by atoms with Crippen molar-refractivity contribution in [3.05, 3.63) is 78.6 Å². The van der Waals surface area contributed by atoms with Crippen molar-refractivity contribution in [2.75, 3.05) is 11.4 Å². The SMILES string of the molecule is O=C(NC1CC(=O)N(c2ccc(Oc3ccccc3)cc2)C1)c1ccc[nH]1. The monoisotopic (exact) mass is 361 g/mol. The summed E-state index contributed by atoms with van der Waals surface area (Å²) in [6.07, 6.45) is 1.98. The van der Waals surface area contributed by atoms with Gasteiger partial charge in [-0.3, -0.25) is 9.59 Å². The fraction of sp³-hybridized carbons (Fsp3) is 0.143. The van der Waals surface area contributed by atoms with Gasteiger partial charge in [0.05, 0.1) is 6.04 Å². The summed E-state index contributed by atoms with van der Waals surface area (Å²) in [5.74, 6) is 1.25. The molecule has 1 aliphatic rings. The number of carbonyl (C=O) groups is 2. The summed E-state index contributed by atoms with van der Waals surface area (Å²) in [6.45, 7) is 0.449. The van der Waals surface area contributed by atoms with Crippen molar-refractivity contribution < 1.29 is 14.3 Å². The maximum Gasteiger partial charge on any atom is 0.267 e. The first-order valence-electron chi connectivity index (χ1n) is 8.76. The molecule has 0 saturated carbocycles. The third-order valence-electron chi connectivity index (χ3n) is 4.43. The molecule has 0 spiro atoms. The molecule has 2 N–H and O–H groups in total. The van der Waals surface area contributed by atoms with Gasteiger partial charge >= 0.3 is 0 Å². The molecule has 0 radical (unpaired) electrons. The Morgan fingerprint density at radius 1 is 1.00 bits per heavy atom. The van der Waals surface area contributed by atoms with E-state index < -0.39 is 0 Å². The summed E-state index contributed by atoms with van der Waals surface area (Å²) < 4.78 is 5.77. The van der Waals surface area contributed by atoms with Crippen molar-refractivity contribution >= 4 is 17.5 Å². The predicted molar refractivity (Wildman–Crippen MR) is 102 cm³/mol. The molecule has 2 aromatic carbocycles. The number of hydrogen-bond donors (Lipinski definition) is 2. The zero-order valence-corrected chi connectivity index (χ0v) is 14.6. The van der Waals surface area contributed by atoms with E-state index in [2.05, 4.69) is 10.3 Å². The average Bonchev–Trinajstić information content (AvgIpc) is 3.33. The second-order valence-electron chi connectivity index (χ2n) is 6.37. The number of rotatable bonds is 5. The Bertz CT molecular complexity index is 921. The number of nitrogens with zero attached hydrogens (tertiary/aromatic N) is 1. The summed E-state index contributed by atoms with van der Waals surface area (Å²) in [5.41, 5.74) is 1.28. The predicted octanol–water partition coefficient (Wildman–Crippen LogP) is 3.34. The third kappa shape index (κ3) is 3.84. The van der Waals surface area contributed by atoms with Crippen molar-refractivity contribution in [3.8, 4) is 11.5 Å². The Morgan fingerprint density at radius 2 is 1.74 bits per heavy atom.